The van der Waals surface area contributed by atoms with Crippen LogP contribution in [0.3, 0.4) is 0 Å². The van der Waals surface area contributed by atoms with Crippen molar-refractivity contribution in [2.75, 3.05) is 33.4 Å². The second kappa shape index (κ2) is 4.58. The number of likely N-dealkylation sites (tertiary alicyclic amines) is 1. The number of carboxylic acid groups (broad SMARTS) is 1. The van der Waals surface area contributed by atoms with E-state index in [2.05, 4.69) is 4.74 Å². The predicted molar refractivity (Wildman–Crippen MR) is 49.1 cm³/mol. The fraction of sp³-hybridized carbons (Fsp3) is 0.889. The maximum atomic E-state index is 12.9. The molecule has 1 aliphatic heterocycles. The van der Waals surface area contributed by atoms with Gasteiger partial charge in [-0.25, -0.2) is 0 Å². The van der Waals surface area contributed by atoms with Crippen molar-refractivity contribution < 1.29 is 27.8 Å². The first-order valence-electron chi connectivity index (χ1n) is 4.80. The number of hydrogen-bond acceptors (Lipinski definition) is 3. The van der Waals surface area contributed by atoms with Crippen LogP contribution in [0.25, 0.3) is 0 Å². The molecule has 0 aromatic rings. The van der Waals surface area contributed by atoms with Crippen LogP contribution in [0.2, 0.25) is 0 Å². The van der Waals surface area contributed by atoms with Crippen LogP contribution in [-0.4, -0.2) is 55.5 Å². The van der Waals surface area contributed by atoms with Gasteiger partial charge in [-0.1, -0.05) is 0 Å². The summed E-state index contributed by atoms with van der Waals surface area (Å²) in [6, 6.07) is 0. The van der Waals surface area contributed by atoms with Crippen molar-refractivity contribution in [1.29, 1.82) is 0 Å². The topological polar surface area (TPSA) is 49.8 Å². The van der Waals surface area contributed by atoms with Crippen LogP contribution in [-0.2, 0) is 9.53 Å². The third kappa shape index (κ3) is 2.65. The minimum atomic E-state index is -4.36. The summed E-state index contributed by atoms with van der Waals surface area (Å²) >= 11 is 0. The molecule has 1 atom stereocenters. The summed E-state index contributed by atoms with van der Waals surface area (Å²) in [5.74, 6) is -1.12. The highest BCUT2D eigenvalue weighted by atomic mass is 19.4. The fourth-order valence-electron chi connectivity index (χ4n) is 1.99. The maximum Gasteiger partial charge on any atom is 0.397 e. The van der Waals surface area contributed by atoms with Gasteiger partial charge < -0.3 is 9.84 Å². The molecular formula is C9H14F3NO3. The first kappa shape index (κ1) is 13.2. The molecule has 0 saturated carbocycles. The zero-order chi connectivity index (χ0) is 12.4. The van der Waals surface area contributed by atoms with Gasteiger partial charge in [-0.05, 0) is 13.0 Å². The first-order chi connectivity index (χ1) is 7.31. The predicted octanol–water partition coefficient (Wildman–Crippen LogP) is 0.972. The van der Waals surface area contributed by atoms with E-state index < -0.39 is 24.2 Å². The smallest absolute Gasteiger partial charge is 0.397 e. The number of hydrogen-bond donors (Lipinski definition) is 1. The maximum absolute atomic E-state index is 12.9. The summed E-state index contributed by atoms with van der Waals surface area (Å²) in [6.07, 6.45) is -4.48. The van der Waals surface area contributed by atoms with Gasteiger partial charge in [-0.3, -0.25) is 9.69 Å². The molecule has 1 rings (SSSR count). The molecular weight excluding hydrogens is 227 g/mol. The van der Waals surface area contributed by atoms with Gasteiger partial charge in [0, 0.05) is 13.7 Å². The normalized spacial score (nSPS) is 27.2. The van der Waals surface area contributed by atoms with Gasteiger partial charge in [0.25, 0.3) is 0 Å². The van der Waals surface area contributed by atoms with Gasteiger partial charge in [0.15, 0.2) is 0 Å². The Hall–Kier alpha value is -0.820. The zero-order valence-electron chi connectivity index (χ0n) is 8.88. The van der Waals surface area contributed by atoms with Crippen LogP contribution in [0.1, 0.15) is 6.42 Å². The monoisotopic (exact) mass is 241 g/mol. The lowest BCUT2D eigenvalue weighted by atomic mass is 9.87. The summed E-state index contributed by atoms with van der Waals surface area (Å²) in [7, 11) is 1.22. The molecule has 0 radical (unpaired) electrons. The lowest BCUT2D eigenvalue weighted by Gasteiger charge is -2.30. The van der Waals surface area contributed by atoms with E-state index in [4.69, 9.17) is 5.11 Å². The number of carbonyl (C=O) groups is 1. The number of methoxy groups -OCH3 is 1. The molecule has 0 aliphatic carbocycles. The minimum absolute atomic E-state index is 0.113. The molecule has 1 fully saturated rings. The Kier molecular flexibility index (Phi) is 3.80. The number of carboxylic acids is 1. The Bertz CT molecular complexity index is 269. The Morgan fingerprint density at radius 2 is 2.19 bits per heavy atom. The molecule has 0 spiro atoms. The van der Waals surface area contributed by atoms with Gasteiger partial charge >= 0.3 is 12.1 Å². The van der Waals surface area contributed by atoms with E-state index in [0.717, 1.165) is 0 Å². The van der Waals surface area contributed by atoms with Crippen molar-refractivity contribution in [3.05, 3.63) is 0 Å². The van der Waals surface area contributed by atoms with Crippen molar-refractivity contribution in [2.24, 2.45) is 5.41 Å². The van der Waals surface area contributed by atoms with Gasteiger partial charge in [-0.15, -0.1) is 0 Å². The van der Waals surface area contributed by atoms with E-state index in [1.807, 2.05) is 0 Å². The highest BCUT2D eigenvalue weighted by Crippen LogP contribution is 2.45. The Balaban J connectivity index is 2.72. The van der Waals surface area contributed by atoms with Crippen LogP contribution in [0.15, 0.2) is 0 Å². The highest BCUT2D eigenvalue weighted by Gasteiger charge is 2.58. The number of ether oxygens (including phenoxy) is 1. The average Bonchev–Trinajstić information content (AvgIpc) is 2.48. The molecule has 7 heteroatoms. The van der Waals surface area contributed by atoms with E-state index in [1.54, 1.807) is 0 Å². The summed E-state index contributed by atoms with van der Waals surface area (Å²) in [5.41, 5.74) is -1.92. The number of halogens is 3. The van der Waals surface area contributed by atoms with Crippen molar-refractivity contribution in [2.45, 2.75) is 12.6 Å². The number of aliphatic carboxylic acids is 1. The van der Waals surface area contributed by atoms with E-state index in [-0.39, 0.29) is 26.1 Å². The number of alkyl halides is 3. The molecule has 0 aromatic carbocycles. The largest absolute Gasteiger partial charge is 0.480 e. The molecule has 1 saturated heterocycles. The molecule has 0 aromatic heterocycles. The first-order valence-corrected chi connectivity index (χ1v) is 4.80. The highest BCUT2D eigenvalue weighted by molar-refractivity contribution is 5.69. The molecule has 0 bridgehead atoms. The molecule has 16 heavy (non-hydrogen) atoms. The van der Waals surface area contributed by atoms with E-state index >= 15 is 0 Å². The summed E-state index contributed by atoms with van der Waals surface area (Å²) in [4.78, 5) is 11.7. The zero-order valence-corrected chi connectivity index (χ0v) is 8.88. The van der Waals surface area contributed by atoms with E-state index in [1.165, 1.54) is 12.0 Å². The van der Waals surface area contributed by atoms with Gasteiger partial charge in [0.05, 0.1) is 13.2 Å². The number of rotatable bonds is 4. The third-order valence-corrected chi connectivity index (χ3v) is 2.81. The quantitative estimate of drug-likeness (QED) is 0.796. The Morgan fingerprint density at radius 3 is 2.62 bits per heavy atom. The Morgan fingerprint density at radius 1 is 1.56 bits per heavy atom. The molecule has 1 N–H and O–H groups in total. The summed E-state index contributed by atoms with van der Waals surface area (Å²) in [5, 5.41) is 8.52. The lowest BCUT2D eigenvalue weighted by Crippen LogP contribution is -2.44. The van der Waals surface area contributed by atoms with E-state index in [9.17, 15) is 18.0 Å². The van der Waals surface area contributed by atoms with Crippen LogP contribution >= 0.6 is 0 Å². The molecule has 1 aliphatic rings. The molecule has 4 nitrogen and oxygen atoms in total. The standard InChI is InChI=1S/C9H14F3NO3/c1-16-6-8(9(10,11)12)2-3-13(5-8)4-7(14)15/h2-6H2,1H3,(H,14,15)/t8-/m1/s1. The van der Waals surface area contributed by atoms with Crippen LogP contribution in [0, 0.1) is 5.41 Å². The van der Waals surface area contributed by atoms with Gasteiger partial charge in [0.1, 0.15) is 5.41 Å². The van der Waals surface area contributed by atoms with Crippen molar-refractivity contribution in [3.63, 3.8) is 0 Å². The fourth-order valence-corrected chi connectivity index (χ4v) is 1.99. The number of nitrogens with zero attached hydrogens (tertiary/aromatic N) is 1. The molecule has 94 valence electrons. The van der Waals surface area contributed by atoms with Gasteiger partial charge in [-0.2, -0.15) is 13.2 Å². The Labute approximate surface area is 91.0 Å². The van der Waals surface area contributed by atoms with Crippen LogP contribution in [0.5, 0.6) is 0 Å². The SMILES string of the molecule is COC[C@@]1(C(F)(F)F)CCN(CC(=O)O)C1. The van der Waals surface area contributed by atoms with Crippen LogP contribution in [0.4, 0.5) is 13.2 Å². The third-order valence-electron chi connectivity index (χ3n) is 2.81. The molecule has 0 amide bonds. The van der Waals surface area contributed by atoms with Crippen molar-refractivity contribution in [3.8, 4) is 0 Å². The lowest BCUT2D eigenvalue weighted by molar-refractivity contribution is -0.233. The summed E-state index contributed by atoms with van der Waals surface area (Å²) < 4.78 is 43.2. The minimum Gasteiger partial charge on any atom is -0.480 e. The summed E-state index contributed by atoms with van der Waals surface area (Å²) in [6.45, 7) is -0.958. The average molecular weight is 241 g/mol. The second-order valence-electron chi connectivity index (χ2n) is 4.07. The van der Waals surface area contributed by atoms with Crippen LogP contribution < -0.4 is 0 Å². The van der Waals surface area contributed by atoms with Crippen molar-refractivity contribution >= 4 is 5.97 Å². The molecule has 1 heterocycles. The van der Waals surface area contributed by atoms with Gasteiger partial charge in [0.2, 0.25) is 0 Å². The van der Waals surface area contributed by atoms with Crippen molar-refractivity contribution in [1.82, 2.24) is 4.90 Å². The molecule has 0 unspecified atom stereocenters. The second-order valence-corrected chi connectivity index (χ2v) is 4.07. The van der Waals surface area contributed by atoms with E-state index in [0.29, 0.717) is 0 Å².